The Morgan fingerprint density at radius 1 is 1.20 bits per heavy atom. The van der Waals surface area contributed by atoms with E-state index in [1.807, 2.05) is 12.1 Å². The van der Waals surface area contributed by atoms with Crippen molar-refractivity contribution >= 4 is 5.91 Å². The van der Waals surface area contributed by atoms with Gasteiger partial charge in [-0.15, -0.1) is 0 Å². The molecule has 0 bridgehead atoms. The fourth-order valence-corrected chi connectivity index (χ4v) is 3.55. The first-order valence-electron chi connectivity index (χ1n) is 7.77. The number of likely N-dealkylation sites (tertiary alicyclic amines) is 1. The molecule has 1 aromatic carbocycles. The maximum absolute atomic E-state index is 12.5. The molecular formula is C17H24N2O. The molecule has 1 aromatic rings. The zero-order valence-electron chi connectivity index (χ0n) is 12.3. The molecule has 0 aliphatic carbocycles. The highest BCUT2D eigenvalue weighted by atomic mass is 16.2. The predicted octanol–water partition coefficient (Wildman–Crippen LogP) is 2.00. The fraction of sp³-hybridized carbons (Fsp3) is 0.588. The van der Waals surface area contributed by atoms with Crippen LogP contribution in [0.1, 0.15) is 24.0 Å². The van der Waals surface area contributed by atoms with Crippen molar-refractivity contribution in [3.63, 3.8) is 0 Å². The predicted molar refractivity (Wildman–Crippen MR) is 80.5 cm³/mol. The number of hydrogen-bond donors (Lipinski definition) is 1. The van der Waals surface area contributed by atoms with Crippen LogP contribution in [0, 0.1) is 18.8 Å². The van der Waals surface area contributed by atoms with Gasteiger partial charge in [0, 0.05) is 13.1 Å². The van der Waals surface area contributed by atoms with E-state index < -0.39 is 0 Å². The first-order chi connectivity index (χ1) is 9.74. The molecule has 3 rings (SSSR count). The number of amides is 1. The van der Waals surface area contributed by atoms with Gasteiger partial charge in [-0.1, -0.05) is 24.3 Å². The summed E-state index contributed by atoms with van der Waals surface area (Å²) < 4.78 is 0. The van der Waals surface area contributed by atoms with Crippen molar-refractivity contribution in [1.29, 1.82) is 0 Å². The molecule has 0 radical (unpaired) electrons. The highest BCUT2D eigenvalue weighted by Gasteiger charge is 2.31. The van der Waals surface area contributed by atoms with Crippen LogP contribution in [0.5, 0.6) is 0 Å². The molecule has 2 aliphatic rings. The Kier molecular flexibility index (Phi) is 4.06. The van der Waals surface area contributed by atoms with Gasteiger partial charge in [0.05, 0.1) is 6.42 Å². The third kappa shape index (κ3) is 2.88. The largest absolute Gasteiger partial charge is 0.342 e. The summed E-state index contributed by atoms with van der Waals surface area (Å²) >= 11 is 0. The van der Waals surface area contributed by atoms with Crippen molar-refractivity contribution in [2.75, 3.05) is 26.2 Å². The number of aryl methyl sites for hydroxylation is 1. The maximum atomic E-state index is 12.5. The molecule has 20 heavy (non-hydrogen) atoms. The van der Waals surface area contributed by atoms with Crippen molar-refractivity contribution in [3.05, 3.63) is 35.4 Å². The van der Waals surface area contributed by atoms with Crippen LogP contribution in [0.15, 0.2) is 24.3 Å². The van der Waals surface area contributed by atoms with Gasteiger partial charge in [-0.2, -0.15) is 0 Å². The summed E-state index contributed by atoms with van der Waals surface area (Å²) in [6, 6.07) is 8.21. The van der Waals surface area contributed by atoms with Gasteiger partial charge in [0.1, 0.15) is 0 Å². The molecule has 0 unspecified atom stereocenters. The Morgan fingerprint density at radius 2 is 1.85 bits per heavy atom. The van der Waals surface area contributed by atoms with E-state index in [1.165, 1.54) is 11.1 Å². The Hall–Kier alpha value is -1.35. The number of hydrogen-bond acceptors (Lipinski definition) is 2. The third-order valence-corrected chi connectivity index (χ3v) is 4.97. The molecule has 1 N–H and O–H groups in total. The van der Waals surface area contributed by atoms with E-state index in [-0.39, 0.29) is 0 Å². The molecule has 2 saturated heterocycles. The summed E-state index contributed by atoms with van der Waals surface area (Å²) in [5, 5.41) is 3.48. The summed E-state index contributed by atoms with van der Waals surface area (Å²) in [6.07, 6.45) is 2.88. The van der Waals surface area contributed by atoms with Gasteiger partial charge in [0.25, 0.3) is 0 Å². The van der Waals surface area contributed by atoms with Gasteiger partial charge in [-0.25, -0.2) is 0 Å². The third-order valence-electron chi connectivity index (χ3n) is 4.97. The Bertz CT molecular complexity index is 472. The fourth-order valence-electron chi connectivity index (χ4n) is 3.55. The topological polar surface area (TPSA) is 32.3 Å². The summed E-state index contributed by atoms with van der Waals surface area (Å²) in [4.78, 5) is 14.6. The minimum Gasteiger partial charge on any atom is -0.342 e. The minimum absolute atomic E-state index is 0.298. The SMILES string of the molecule is Cc1ccccc1CC(=O)N1CC[C@@H]2CNC[C@@H]2CC1. The van der Waals surface area contributed by atoms with Crippen molar-refractivity contribution in [1.82, 2.24) is 10.2 Å². The first kappa shape index (κ1) is 13.6. The second-order valence-corrected chi connectivity index (χ2v) is 6.24. The lowest BCUT2D eigenvalue weighted by molar-refractivity contribution is -0.130. The van der Waals surface area contributed by atoms with Gasteiger partial charge in [-0.05, 0) is 55.8 Å². The van der Waals surface area contributed by atoms with E-state index in [4.69, 9.17) is 0 Å². The van der Waals surface area contributed by atoms with Crippen LogP contribution >= 0.6 is 0 Å². The number of rotatable bonds is 2. The molecule has 3 nitrogen and oxygen atoms in total. The van der Waals surface area contributed by atoms with Gasteiger partial charge < -0.3 is 10.2 Å². The summed E-state index contributed by atoms with van der Waals surface area (Å²) in [6.45, 7) is 6.25. The lowest BCUT2D eigenvalue weighted by Crippen LogP contribution is -2.34. The number of nitrogens with one attached hydrogen (secondary N) is 1. The van der Waals surface area contributed by atoms with Crippen LogP contribution in [0.25, 0.3) is 0 Å². The van der Waals surface area contributed by atoms with E-state index in [0.29, 0.717) is 12.3 Å². The second kappa shape index (κ2) is 5.96. The number of fused-ring (bicyclic) bond motifs is 1. The quantitative estimate of drug-likeness (QED) is 0.893. The maximum Gasteiger partial charge on any atom is 0.226 e. The van der Waals surface area contributed by atoms with E-state index in [1.54, 1.807) is 0 Å². The van der Waals surface area contributed by atoms with E-state index in [2.05, 4.69) is 29.3 Å². The number of carbonyl (C=O) groups excluding carboxylic acids is 1. The lowest BCUT2D eigenvalue weighted by atomic mass is 9.92. The summed E-state index contributed by atoms with van der Waals surface area (Å²) in [5.41, 5.74) is 2.39. The molecular weight excluding hydrogens is 248 g/mol. The minimum atomic E-state index is 0.298. The smallest absolute Gasteiger partial charge is 0.226 e. The molecule has 3 heteroatoms. The van der Waals surface area contributed by atoms with Gasteiger partial charge in [0.2, 0.25) is 5.91 Å². The molecule has 2 atom stereocenters. The molecule has 2 aliphatic heterocycles. The van der Waals surface area contributed by atoms with Crippen molar-refractivity contribution in [3.8, 4) is 0 Å². The first-order valence-corrected chi connectivity index (χ1v) is 7.77. The second-order valence-electron chi connectivity index (χ2n) is 6.24. The monoisotopic (exact) mass is 272 g/mol. The molecule has 2 heterocycles. The molecule has 2 fully saturated rings. The van der Waals surface area contributed by atoms with Gasteiger partial charge >= 0.3 is 0 Å². The molecule has 0 saturated carbocycles. The standard InChI is InChI=1S/C17H24N2O/c1-13-4-2-3-5-14(13)10-17(20)19-8-6-15-11-18-12-16(15)7-9-19/h2-5,15-16,18H,6-12H2,1H3/t15-,16+. The highest BCUT2D eigenvalue weighted by Crippen LogP contribution is 2.27. The molecule has 0 spiro atoms. The number of benzene rings is 1. The zero-order valence-corrected chi connectivity index (χ0v) is 12.3. The van der Waals surface area contributed by atoms with Gasteiger partial charge in [-0.3, -0.25) is 4.79 Å². The van der Waals surface area contributed by atoms with Crippen molar-refractivity contribution < 1.29 is 4.79 Å². The van der Waals surface area contributed by atoms with Crippen LogP contribution in [0.3, 0.4) is 0 Å². The Morgan fingerprint density at radius 3 is 2.50 bits per heavy atom. The summed E-state index contributed by atoms with van der Waals surface area (Å²) in [5.74, 6) is 1.87. The average molecular weight is 272 g/mol. The Labute approximate surface area is 121 Å². The van der Waals surface area contributed by atoms with Crippen LogP contribution in [-0.2, 0) is 11.2 Å². The van der Waals surface area contributed by atoms with E-state index in [0.717, 1.165) is 50.9 Å². The average Bonchev–Trinajstić information content (AvgIpc) is 2.80. The van der Waals surface area contributed by atoms with Crippen LogP contribution in [0.2, 0.25) is 0 Å². The zero-order chi connectivity index (χ0) is 13.9. The normalized spacial score (nSPS) is 26.1. The highest BCUT2D eigenvalue weighted by molar-refractivity contribution is 5.79. The van der Waals surface area contributed by atoms with Crippen molar-refractivity contribution in [2.24, 2.45) is 11.8 Å². The number of carbonyl (C=O) groups is 1. The van der Waals surface area contributed by atoms with Crippen LogP contribution in [-0.4, -0.2) is 37.0 Å². The van der Waals surface area contributed by atoms with Crippen LogP contribution in [0.4, 0.5) is 0 Å². The van der Waals surface area contributed by atoms with Crippen LogP contribution < -0.4 is 5.32 Å². The van der Waals surface area contributed by atoms with Gasteiger partial charge in [0.15, 0.2) is 0 Å². The molecule has 108 valence electrons. The van der Waals surface area contributed by atoms with E-state index in [9.17, 15) is 4.79 Å². The van der Waals surface area contributed by atoms with E-state index >= 15 is 0 Å². The summed E-state index contributed by atoms with van der Waals surface area (Å²) in [7, 11) is 0. The lowest BCUT2D eigenvalue weighted by Gasteiger charge is -2.21. The Balaban J connectivity index is 1.61. The molecule has 1 amide bonds. The number of nitrogens with zero attached hydrogens (tertiary/aromatic N) is 1. The molecule has 0 aromatic heterocycles. The van der Waals surface area contributed by atoms with Crippen molar-refractivity contribution in [2.45, 2.75) is 26.2 Å².